The van der Waals surface area contributed by atoms with Crippen LogP contribution in [0.1, 0.15) is 23.2 Å². The molecule has 28 heavy (non-hydrogen) atoms. The predicted molar refractivity (Wildman–Crippen MR) is 97.9 cm³/mol. The van der Waals surface area contributed by atoms with Gasteiger partial charge in [0.15, 0.2) is 0 Å². The molecule has 10 heteroatoms. The molecule has 0 atom stereocenters. The molecule has 3 rings (SSSR count). The lowest BCUT2D eigenvalue weighted by molar-refractivity contribution is -0.448. The van der Waals surface area contributed by atoms with Crippen molar-refractivity contribution in [1.82, 2.24) is 4.72 Å². The minimum absolute atomic E-state index is 0.00665. The number of nitrogens with one attached hydrogen (secondary N) is 3. The smallest absolute Gasteiger partial charge is 0.387 e. The first-order valence-electron chi connectivity index (χ1n) is 8.42. The molecule has 0 fully saturated rings. The van der Waals surface area contributed by atoms with E-state index in [1.54, 1.807) is 6.07 Å². The zero-order valence-electron chi connectivity index (χ0n) is 14.6. The van der Waals surface area contributed by atoms with Crippen LogP contribution in [0.2, 0.25) is 0 Å². The normalized spacial score (nSPS) is 13.9. The van der Waals surface area contributed by atoms with E-state index in [1.165, 1.54) is 42.5 Å². The number of halogens is 2. The molecule has 0 spiro atoms. The molecule has 0 bridgehead atoms. The fourth-order valence-corrected chi connectivity index (χ4v) is 3.79. The van der Waals surface area contributed by atoms with Crippen molar-refractivity contribution in [1.29, 1.82) is 0 Å². The van der Waals surface area contributed by atoms with Crippen LogP contribution in [0, 0.1) is 0 Å². The molecule has 0 unspecified atom stereocenters. The third-order valence-corrected chi connectivity index (χ3v) is 5.33. The number of carbonyl (C=O) groups is 1. The maximum atomic E-state index is 12.5. The average Bonchev–Trinajstić information content (AvgIpc) is 3.14. The van der Waals surface area contributed by atoms with E-state index in [2.05, 4.69) is 19.8 Å². The lowest BCUT2D eigenvalue weighted by Crippen LogP contribution is -2.72. The standard InChI is InChI=1S/C18H17F2N3O4S/c19-18(20)27-14-8-6-12(7-9-14)17(24)22-13-3-1-4-15(11-13)28(25,26)23-16-5-2-10-21-16/h1,3-4,6-9,11,18H,2,5,10H2,(H,21,23)(H,22,24)/p+1. The minimum atomic E-state index is -3.77. The first kappa shape index (κ1) is 19.7. The SMILES string of the molecule is O=C(Nc1cccc(S(=O)(=O)NC2=[NH+]CCC2)c1)c1ccc(OC(F)F)cc1. The van der Waals surface area contributed by atoms with Crippen LogP contribution in [-0.2, 0) is 10.0 Å². The number of hydrogen-bond donors (Lipinski definition) is 3. The topological polar surface area (TPSA) is 98.5 Å². The third kappa shape index (κ3) is 5.03. The zero-order chi connectivity index (χ0) is 20.1. The molecule has 2 aromatic carbocycles. The van der Waals surface area contributed by atoms with Gasteiger partial charge in [0.05, 0.1) is 13.0 Å². The summed E-state index contributed by atoms with van der Waals surface area (Å²) in [5.74, 6) is -0.0396. The maximum Gasteiger partial charge on any atom is 0.387 e. The molecule has 2 aromatic rings. The maximum absolute atomic E-state index is 12.5. The van der Waals surface area contributed by atoms with E-state index in [4.69, 9.17) is 0 Å². The summed E-state index contributed by atoms with van der Waals surface area (Å²) < 4.78 is 56.0. The number of carbonyl (C=O) groups excluding carboxylic acids is 1. The van der Waals surface area contributed by atoms with Gasteiger partial charge in [-0.2, -0.15) is 21.9 Å². The molecule has 1 heterocycles. The predicted octanol–water partition coefficient (Wildman–Crippen LogP) is 1.09. The van der Waals surface area contributed by atoms with Gasteiger partial charge < -0.3 is 10.1 Å². The summed E-state index contributed by atoms with van der Waals surface area (Å²) in [5.41, 5.74) is 0.490. The zero-order valence-corrected chi connectivity index (χ0v) is 15.4. The van der Waals surface area contributed by atoms with E-state index in [0.717, 1.165) is 13.0 Å². The van der Waals surface area contributed by atoms with Gasteiger partial charge in [-0.15, -0.1) is 0 Å². The lowest BCUT2D eigenvalue weighted by atomic mass is 10.2. The number of sulfonamides is 1. The van der Waals surface area contributed by atoms with Gasteiger partial charge in [-0.1, -0.05) is 6.07 Å². The van der Waals surface area contributed by atoms with Crippen LogP contribution < -0.4 is 19.8 Å². The van der Waals surface area contributed by atoms with E-state index in [0.29, 0.717) is 12.3 Å². The average molecular weight is 410 g/mol. The Morgan fingerprint density at radius 1 is 1.14 bits per heavy atom. The Hall–Kier alpha value is -3.01. The molecule has 7 nitrogen and oxygen atoms in total. The van der Waals surface area contributed by atoms with E-state index < -0.39 is 22.5 Å². The van der Waals surface area contributed by atoms with E-state index in [-0.39, 0.29) is 21.9 Å². The number of amidine groups is 1. The van der Waals surface area contributed by atoms with Gasteiger partial charge in [-0.3, -0.25) is 9.79 Å². The van der Waals surface area contributed by atoms with Crippen molar-refractivity contribution >= 4 is 27.5 Å². The largest absolute Gasteiger partial charge is 0.435 e. The lowest BCUT2D eigenvalue weighted by Gasteiger charge is -2.08. The number of benzene rings is 2. The van der Waals surface area contributed by atoms with Gasteiger partial charge in [0.2, 0.25) is 0 Å². The molecule has 0 radical (unpaired) electrons. The molecular formula is C18H18F2N3O4S+. The van der Waals surface area contributed by atoms with Crippen LogP contribution >= 0.6 is 0 Å². The molecule has 3 N–H and O–H groups in total. The van der Waals surface area contributed by atoms with Gasteiger partial charge in [-0.25, -0.2) is 0 Å². The Morgan fingerprint density at radius 2 is 1.89 bits per heavy atom. The van der Waals surface area contributed by atoms with Crippen molar-refractivity contribution < 1.29 is 31.7 Å². The van der Waals surface area contributed by atoms with Crippen LogP contribution in [0.5, 0.6) is 5.75 Å². The summed E-state index contributed by atoms with van der Waals surface area (Å²) in [4.78, 5) is 15.3. The highest BCUT2D eigenvalue weighted by atomic mass is 32.2. The number of alkyl halides is 2. The number of amides is 1. The molecule has 0 aliphatic carbocycles. The van der Waals surface area contributed by atoms with E-state index in [1.807, 2.05) is 0 Å². The van der Waals surface area contributed by atoms with Crippen LogP contribution in [0.4, 0.5) is 14.5 Å². The second-order valence-electron chi connectivity index (χ2n) is 6.00. The molecule has 0 saturated carbocycles. The summed E-state index contributed by atoms with van der Waals surface area (Å²) in [6, 6.07) is 11.0. The fraction of sp³-hybridized carbons (Fsp3) is 0.222. The Kier molecular flexibility index (Phi) is 5.88. The highest BCUT2D eigenvalue weighted by molar-refractivity contribution is 7.90. The van der Waals surface area contributed by atoms with Gasteiger partial charge in [0.1, 0.15) is 10.6 Å². The summed E-state index contributed by atoms with van der Waals surface area (Å²) in [5, 5.41) is 2.58. The number of anilines is 1. The van der Waals surface area contributed by atoms with Gasteiger partial charge in [0.25, 0.3) is 11.7 Å². The van der Waals surface area contributed by atoms with Crippen molar-refractivity contribution in [2.75, 3.05) is 11.9 Å². The van der Waals surface area contributed by atoms with Crippen molar-refractivity contribution in [3.05, 3.63) is 54.1 Å². The molecule has 148 valence electrons. The number of rotatable bonds is 6. The van der Waals surface area contributed by atoms with Gasteiger partial charge >= 0.3 is 16.6 Å². The summed E-state index contributed by atoms with van der Waals surface area (Å²) >= 11 is 0. The summed E-state index contributed by atoms with van der Waals surface area (Å²) in [6.45, 7) is -2.23. The monoisotopic (exact) mass is 410 g/mol. The third-order valence-electron chi connectivity index (χ3n) is 3.94. The Morgan fingerprint density at radius 3 is 2.54 bits per heavy atom. The molecular weight excluding hydrogens is 392 g/mol. The number of hydrogen-bond acceptors (Lipinski definition) is 4. The van der Waals surface area contributed by atoms with Crippen LogP contribution in [0.3, 0.4) is 0 Å². The van der Waals surface area contributed by atoms with Gasteiger partial charge in [0, 0.05) is 11.3 Å². The highest BCUT2D eigenvalue weighted by Gasteiger charge is 2.24. The van der Waals surface area contributed by atoms with Crippen molar-refractivity contribution in [3.63, 3.8) is 0 Å². The Labute approximate surface area is 160 Å². The van der Waals surface area contributed by atoms with Crippen molar-refractivity contribution in [2.24, 2.45) is 0 Å². The first-order valence-corrected chi connectivity index (χ1v) is 9.90. The quantitative estimate of drug-likeness (QED) is 0.664. The Balaban J connectivity index is 1.70. The summed E-state index contributed by atoms with van der Waals surface area (Å²) in [6.07, 6.45) is 1.48. The second-order valence-corrected chi connectivity index (χ2v) is 7.68. The van der Waals surface area contributed by atoms with Crippen LogP contribution in [0.25, 0.3) is 0 Å². The minimum Gasteiger partial charge on any atom is -0.435 e. The second kappa shape index (κ2) is 8.34. The number of ether oxygens (including phenoxy) is 1. The van der Waals surface area contributed by atoms with Crippen LogP contribution in [0.15, 0.2) is 53.4 Å². The van der Waals surface area contributed by atoms with Gasteiger partial charge in [-0.05, 0) is 48.9 Å². The molecule has 0 saturated heterocycles. The Bertz CT molecular complexity index is 992. The first-order chi connectivity index (χ1) is 13.3. The molecule has 1 aliphatic rings. The fourth-order valence-electron chi connectivity index (χ4n) is 2.63. The van der Waals surface area contributed by atoms with Crippen LogP contribution in [-0.4, -0.2) is 33.3 Å². The van der Waals surface area contributed by atoms with Crippen molar-refractivity contribution in [2.45, 2.75) is 24.3 Å². The highest BCUT2D eigenvalue weighted by Crippen LogP contribution is 2.18. The molecule has 1 aliphatic heterocycles. The van der Waals surface area contributed by atoms with E-state index >= 15 is 0 Å². The molecule has 1 amide bonds. The van der Waals surface area contributed by atoms with Crippen molar-refractivity contribution in [3.8, 4) is 5.75 Å². The molecule has 0 aromatic heterocycles. The van der Waals surface area contributed by atoms with E-state index in [9.17, 15) is 22.0 Å². The summed E-state index contributed by atoms with van der Waals surface area (Å²) in [7, 11) is -3.77.